The van der Waals surface area contributed by atoms with E-state index in [0.717, 1.165) is 48.6 Å². The first-order chi connectivity index (χ1) is 10.6. The minimum Gasteiger partial charge on any atom is -0.339 e. The Morgan fingerprint density at radius 2 is 1.68 bits per heavy atom. The number of rotatable bonds is 6. The monoisotopic (exact) mass is 299 g/mol. The summed E-state index contributed by atoms with van der Waals surface area (Å²) in [5.74, 6) is 0.114. The number of aromatic nitrogens is 2. The Balaban J connectivity index is 2.20. The number of benzene rings is 1. The van der Waals surface area contributed by atoms with E-state index in [0.29, 0.717) is 0 Å². The van der Waals surface area contributed by atoms with Gasteiger partial charge in [-0.3, -0.25) is 4.79 Å². The predicted molar refractivity (Wildman–Crippen MR) is 89.5 cm³/mol. The van der Waals surface area contributed by atoms with Gasteiger partial charge in [-0.15, -0.1) is 0 Å². The predicted octanol–water partition coefficient (Wildman–Crippen LogP) is 3.75. The van der Waals surface area contributed by atoms with Gasteiger partial charge in [-0.05, 0) is 57.0 Å². The molecule has 0 aliphatic heterocycles. The molecule has 4 nitrogen and oxygen atoms in total. The number of hydrogen-bond acceptors (Lipinski definition) is 2. The molecule has 2 rings (SSSR count). The van der Waals surface area contributed by atoms with Crippen molar-refractivity contribution in [2.75, 3.05) is 13.1 Å². The molecule has 0 radical (unpaired) electrons. The zero-order valence-electron chi connectivity index (χ0n) is 14.0. The normalized spacial score (nSPS) is 10.7. The van der Waals surface area contributed by atoms with Gasteiger partial charge in [0, 0.05) is 24.3 Å². The molecule has 0 fully saturated rings. The van der Waals surface area contributed by atoms with Crippen molar-refractivity contribution in [2.24, 2.45) is 0 Å². The van der Waals surface area contributed by atoms with Gasteiger partial charge in [0.05, 0.1) is 11.4 Å². The van der Waals surface area contributed by atoms with Crippen LogP contribution in [0.15, 0.2) is 30.3 Å². The smallest absolute Gasteiger partial charge is 0.253 e. The van der Waals surface area contributed by atoms with Crippen LogP contribution in [0.2, 0.25) is 0 Å². The van der Waals surface area contributed by atoms with E-state index in [2.05, 4.69) is 18.9 Å². The molecule has 0 atom stereocenters. The highest BCUT2D eigenvalue weighted by Gasteiger charge is 2.14. The van der Waals surface area contributed by atoms with Gasteiger partial charge in [0.25, 0.3) is 5.91 Å². The lowest BCUT2D eigenvalue weighted by molar-refractivity contribution is 0.0755. The molecule has 0 spiro atoms. The molecule has 1 aromatic carbocycles. The second kappa shape index (κ2) is 7.25. The molecule has 0 aliphatic carbocycles. The molecule has 0 saturated heterocycles. The molecule has 0 aliphatic rings. The second-order valence-electron chi connectivity index (χ2n) is 5.68. The zero-order valence-corrected chi connectivity index (χ0v) is 14.0. The first kappa shape index (κ1) is 16.3. The third-order valence-corrected chi connectivity index (χ3v) is 3.64. The molecule has 0 unspecified atom stereocenters. The van der Waals surface area contributed by atoms with E-state index in [9.17, 15) is 4.79 Å². The average Bonchev–Trinajstić information content (AvgIpc) is 2.85. The number of nitrogens with zero attached hydrogens (tertiary/aromatic N) is 3. The van der Waals surface area contributed by atoms with Crippen LogP contribution in [0.1, 0.15) is 48.4 Å². The van der Waals surface area contributed by atoms with E-state index in [4.69, 9.17) is 0 Å². The van der Waals surface area contributed by atoms with Crippen molar-refractivity contribution >= 4 is 5.91 Å². The molecule has 0 saturated carbocycles. The summed E-state index contributed by atoms with van der Waals surface area (Å²) in [6.07, 6.45) is 1.96. The highest BCUT2D eigenvalue weighted by Crippen LogP contribution is 2.14. The lowest BCUT2D eigenvalue weighted by Gasteiger charge is -2.21. The summed E-state index contributed by atoms with van der Waals surface area (Å²) >= 11 is 0. The van der Waals surface area contributed by atoms with E-state index >= 15 is 0 Å². The molecule has 22 heavy (non-hydrogen) atoms. The number of hydrogen-bond donors (Lipinski definition) is 0. The first-order valence-electron chi connectivity index (χ1n) is 7.99. The lowest BCUT2D eigenvalue weighted by Crippen LogP contribution is -2.32. The van der Waals surface area contributed by atoms with Crippen LogP contribution in [-0.2, 0) is 0 Å². The Labute approximate surface area is 132 Å². The van der Waals surface area contributed by atoms with Crippen molar-refractivity contribution in [1.82, 2.24) is 14.7 Å². The highest BCUT2D eigenvalue weighted by atomic mass is 16.2. The fraction of sp³-hybridized carbons (Fsp3) is 0.444. The van der Waals surface area contributed by atoms with Gasteiger partial charge in [0.15, 0.2) is 0 Å². The van der Waals surface area contributed by atoms with Crippen LogP contribution in [0.4, 0.5) is 0 Å². The maximum atomic E-state index is 12.5. The largest absolute Gasteiger partial charge is 0.339 e. The second-order valence-corrected chi connectivity index (χ2v) is 5.68. The molecular formula is C18H25N3O. The van der Waals surface area contributed by atoms with Gasteiger partial charge in [-0.2, -0.15) is 5.10 Å². The molecule has 0 bridgehead atoms. The van der Waals surface area contributed by atoms with Crippen LogP contribution in [0.3, 0.4) is 0 Å². The van der Waals surface area contributed by atoms with Gasteiger partial charge in [-0.25, -0.2) is 4.68 Å². The minimum atomic E-state index is 0.114. The number of amides is 1. The molecular weight excluding hydrogens is 274 g/mol. The Hall–Kier alpha value is -2.10. The Morgan fingerprint density at radius 1 is 1.09 bits per heavy atom. The first-order valence-corrected chi connectivity index (χ1v) is 7.99. The van der Waals surface area contributed by atoms with Crippen LogP contribution in [-0.4, -0.2) is 33.7 Å². The summed E-state index contributed by atoms with van der Waals surface area (Å²) in [7, 11) is 0. The van der Waals surface area contributed by atoms with E-state index in [1.165, 1.54) is 0 Å². The standard InChI is InChI=1S/C18H25N3O/c1-5-11-20(12-6-2)18(22)16-7-9-17(10-8-16)21-15(4)13-14(3)19-21/h7-10,13H,5-6,11-12H2,1-4H3. The third kappa shape index (κ3) is 3.56. The van der Waals surface area contributed by atoms with Gasteiger partial charge in [-0.1, -0.05) is 13.8 Å². The van der Waals surface area contributed by atoms with Crippen LogP contribution in [0, 0.1) is 13.8 Å². The molecule has 1 aromatic heterocycles. The van der Waals surface area contributed by atoms with Gasteiger partial charge in [0.2, 0.25) is 0 Å². The topological polar surface area (TPSA) is 38.1 Å². The van der Waals surface area contributed by atoms with Crippen molar-refractivity contribution in [3.05, 3.63) is 47.3 Å². The van der Waals surface area contributed by atoms with E-state index in [1.54, 1.807) is 0 Å². The van der Waals surface area contributed by atoms with Crippen molar-refractivity contribution in [1.29, 1.82) is 0 Å². The minimum absolute atomic E-state index is 0.114. The highest BCUT2D eigenvalue weighted by molar-refractivity contribution is 5.94. The fourth-order valence-electron chi connectivity index (χ4n) is 2.67. The van der Waals surface area contributed by atoms with Crippen LogP contribution in [0.5, 0.6) is 0 Å². The van der Waals surface area contributed by atoms with Crippen molar-refractivity contribution in [2.45, 2.75) is 40.5 Å². The molecule has 118 valence electrons. The number of carbonyl (C=O) groups excluding carboxylic acids is 1. The van der Waals surface area contributed by atoms with Gasteiger partial charge >= 0.3 is 0 Å². The molecule has 2 aromatic rings. The van der Waals surface area contributed by atoms with Crippen molar-refractivity contribution in [3.63, 3.8) is 0 Å². The maximum absolute atomic E-state index is 12.5. The quantitative estimate of drug-likeness (QED) is 0.814. The lowest BCUT2D eigenvalue weighted by atomic mass is 10.1. The average molecular weight is 299 g/mol. The number of aryl methyl sites for hydroxylation is 2. The summed E-state index contributed by atoms with van der Waals surface area (Å²) in [5, 5.41) is 4.47. The van der Waals surface area contributed by atoms with Gasteiger partial charge in [0.1, 0.15) is 0 Å². The van der Waals surface area contributed by atoms with Crippen molar-refractivity contribution < 1.29 is 4.79 Å². The van der Waals surface area contributed by atoms with E-state index < -0.39 is 0 Å². The fourth-order valence-corrected chi connectivity index (χ4v) is 2.67. The maximum Gasteiger partial charge on any atom is 0.253 e. The van der Waals surface area contributed by atoms with Crippen molar-refractivity contribution in [3.8, 4) is 5.69 Å². The Kier molecular flexibility index (Phi) is 5.36. The number of carbonyl (C=O) groups is 1. The SMILES string of the molecule is CCCN(CCC)C(=O)c1ccc(-n2nc(C)cc2C)cc1. The summed E-state index contributed by atoms with van der Waals surface area (Å²) < 4.78 is 1.90. The molecule has 4 heteroatoms. The summed E-state index contributed by atoms with van der Waals surface area (Å²) in [5.41, 5.74) is 3.82. The molecule has 0 N–H and O–H groups in total. The van der Waals surface area contributed by atoms with Crippen LogP contribution in [0.25, 0.3) is 5.69 Å². The van der Waals surface area contributed by atoms with Gasteiger partial charge < -0.3 is 4.90 Å². The summed E-state index contributed by atoms with van der Waals surface area (Å²) in [6, 6.07) is 9.76. The van der Waals surface area contributed by atoms with Crippen LogP contribution < -0.4 is 0 Å². The summed E-state index contributed by atoms with van der Waals surface area (Å²) in [4.78, 5) is 14.5. The Morgan fingerprint density at radius 3 is 2.14 bits per heavy atom. The third-order valence-electron chi connectivity index (χ3n) is 3.64. The van der Waals surface area contributed by atoms with Crippen LogP contribution >= 0.6 is 0 Å². The molecule has 1 amide bonds. The molecule has 1 heterocycles. The zero-order chi connectivity index (χ0) is 16.1. The van der Waals surface area contributed by atoms with E-state index in [1.807, 2.05) is 53.8 Å². The van der Waals surface area contributed by atoms with E-state index in [-0.39, 0.29) is 5.91 Å². The summed E-state index contributed by atoms with van der Waals surface area (Å²) in [6.45, 7) is 9.83. The Bertz CT molecular complexity index is 622.